The van der Waals surface area contributed by atoms with E-state index in [1.165, 1.54) is 7.11 Å². The minimum absolute atomic E-state index is 0.148. The highest BCUT2D eigenvalue weighted by molar-refractivity contribution is 6.03. The van der Waals surface area contributed by atoms with Gasteiger partial charge in [0.25, 0.3) is 0 Å². The number of nitrogen functional groups attached to an aromatic ring is 1. The number of aromatic nitrogens is 1. The molecule has 2 N–H and O–H groups in total. The monoisotopic (exact) mass is 192 g/mol. The second-order valence-electron chi connectivity index (χ2n) is 2.75. The van der Waals surface area contributed by atoms with Gasteiger partial charge in [-0.2, -0.15) is 0 Å². The lowest BCUT2D eigenvalue weighted by Crippen LogP contribution is -2.01. The average molecular weight is 192 g/mol. The van der Waals surface area contributed by atoms with Gasteiger partial charge >= 0.3 is 5.97 Å². The van der Waals surface area contributed by atoms with Gasteiger partial charge in [-0.15, -0.1) is 0 Å². The molecule has 72 valence electrons. The maximum absolute atomic E-state index is 11.2. The number of benzene rings is 1. The van der Waals surface area contributed by atoms with E-state index in [4.69, 9.17) is 10.3 Å². The van der Waals surface area contributed by atoms with E-state index in [-0.39, 0.29) is 5.69 Å². The fourth-order valence-corrected chi connectivity index (χ4v) is 1.23. The summed E-state index contributed by atoms with van der Waals surface area (Å²) >= 11 is 0. The van der Waals surface area contributed by atoms with Gasteiger partial charge in [-0.05, 0) is 12.1 Å². The number of anilines is 1. The van der Waals surface area contributed by atoms with E-state index < -0.39 is 5.97 Å². The van der Waals surface area contributed by atoms with Gasteiger partial charge in [0.05, 0.1) is 18.2 Å². The van der Waals surface area contributed by atoms with Gasteiger partial charge in [0.1, 0.15) is 0 Å². The molecule has 0 amide bonds. The fourth-order valence-electron chi connectivity index (χ4n) is 1.23. The molecule has 2 rings (SSSR count). The predicted molar refractivity (Wildman–Crippen MR) is 49.8 cm³/mol. The van der Waals surface area contributed by atoms with Crippen LogP contribution in [0.2, 0.25) is 0 Å². The summed E-state index contributed by atoms with van der Waals surface area (Å²) in [7, 11) is 1.29. The molecule has 0 aliphatic rings. The molecule has 1 aromatic carbocycles. The van der Waals surface area contributed by atoms with Crippen molar-refractivity contribution in [2.75, 3.05) is 12.8 Å². The third-order valence-electron chi connectivity index (χ3n) is 1.91. The van der Waals surface area contributed by atoms with E-state index in [2.05, 4.69) is 9.89 Å². The Kier molecular flexibility index (Phi) is 1.85. The zero-order chi connectivity index (χ0) is 10.1. The van der Waals surface area contributed by atoms with Crippen molar-refractivity contribution in [3.05, 3.63) is 23.9 Å². The first-order chi connectivity index (χ1) is 6.74. The second-order valence-corrected chi connectivity index (χ2v) is 2.75. The number of carbonyl (C=O) groups excluding carboxylic acids is 1. The first-order valence-corrected chi connectivity index (χ1v) is 3.96. The fraction of sp³-hybridized carbons (Fsp3) is 0.111. The standard InChI is InChI=1S/C9H8N2O3/c1-13-9(12)7-5-3-2-4-6(10)8(5)14-11-7/h2-4H,10H2,1H3. The minimum atomic E-state index is -0.533. The highest BCUT2D eigenvalue weighted by atomic mass is 16.5. The van der Waals surface area contributed by atoms with Gasteiger partial charge < -0.3 is 15.0 Å². The zero-order valence-corrected chi connectivity index (χ0v) is 7.48. The quantitative estimate of drug-likeness (QED) is 0.542. The Morgan fingerprint density at radius 2 is 2.36 bits per heavy atom. The van der Waals surface area contributed by atoms with Crippen LogP contribution in [0.3, 0.4) is 0 Å². The van der Waals surface area contributed by atoms with Crippen LogP contribution in [0.25, 0.3) is 11.0 Å². The molecule has 5 heteroatoms. The molecule has 0 radical (unpaired) electrons. The van der Waals surface area contributed by atoms with Crippen LogP contribution in [0.15, 0.2) is 22.7 Å². The molecule has 0 aliphatic heterocycles. The van der Waals surface area contributed by atoms with Gasteiger partial charge in [-0.3, -0.25) is 0 Å². The van der Waals surface area contributed by atoms with Gasteiger partial charge in [-0.25, -0.2) is 4.79 Å². The molecule has 0 unspecified atom stereocenters. The minimum Gasteiger partial charge on any atom is -0.464 e. The van der Waals surface area contributed by atoms with Gasteiger partial charge in [0, 0.05) is 0 Å². The SMILES string of the molecule is COC(=O)c1noc2c(N)cccc12. The summed E-state index contributed by atoms with van der Waals surface area (Å²) in [6, 6.07) is 5.10. The van der Waals surface area contributed by atoms with Crippen LogP contribution in [0.4, 0.5) is 5.69 Å². The molecule has 0 atom stereocenters. The van der Waals surface area contributed by atoms with Crippen molar-refractivity contribution in [2.24, 2.45) is 0 Å². The normalized spacial score (nSPS) is 10.4. The summed E-state index contributed by atoms with van der Waals surface area (Å²) in [6.45, 7) is 0. The van der Waals surface area contributed by atoms with Crippen molar-refractivity contribution in [1.82, 2.24) is 5.16 Å². The van der Waals surface area contributed by atoms with Crippen LogP contribution in [0, 0.1) is 0 Å². The Morgan fingerprint density at radius 1 is 1.57 bits per heavy atom. The maximum atomic E-state index is 11.2. The summed E-state index contributed by atoms with van der Waals surface area (Å²) in [6.07, 6.45) is 0. The number of methoxy groups -OCH3 is 1. The maximum Gasteiger partial charge on any atom is 0.360 e. The summed E-state index contributed by atoms with van der Waals surface area (Å²) in [4.78, 5) is 11.2. The van der Waals surface area contributed by atoms with E-state index in [1.54, 1.807) is 18.2 Å². The number of fused-ring (bicyclic) bond motifs is 1. The molecule has 1 heterocycles. The van der Waals surface area contributed by atoms with E-state index in [0.29, 0.717) is 16.7 Å². The lowest BCUT2D eigenvalue weighted by Gasteiger charge is -1.93. The highest BCUT2D eigenvalue weighted by Crippen LogP contribution is 2.23. The Morgan fingerprint density at radius 3 is 3.07 bits per heavy atom. The molecule has 0 fully saturated rings. The molecule has 5 nitrogen and oxygen atoms in total. The highest BCUT2D eigenvalue weighted by Gasteiger charge is 2.17. The van der Waals surface area contributed by atoms with Crippen molar-refractivity contribution < 1.29 is 14.1 Å². The Balaban J connectivity index is 2.70. The average Bonchev–Trinajstić information content (AvgIpc) is 2.62. The number of ether oxygens (including phenoxy) is 1. The predicted octanol–water partition coefficient (Wildman–Crippen LogP) is 1.20. The van der Waals surface area contributed by atoms with Crippen molar-refractivity contribution in [3.8, 4) is 0 Å². The molecule has 0 bridgehead atoms. The Hall–Kier alpha value is -2.04. The topological polar surface area (TPSA) is 78.3 Å². The third kappa shape index (κ3) is 1.10. The van der Waals surface area contributed by atoms with Crippen LogP contribution < -0.4 is 5.73 Å². The smallest absolute Gasteiger partial charge is 0.360 e. The van der Waals surface area contributed by atoms with E-state index >= 15 is 0 Å². The number of esters is 1. The molecule has 2 aromatic rings. The second kappa shape index (κ2) is 3.02. The third-order valence-corrected chi connectivity index (χ3v) is 1.91. The number of para-hydroxylation sites is 1. The first-order valence-electron chi connectivity index (χ1n) is 3.96. The number of hydrogen-bond acceptors (Lipinski definition) is 5. The van der Waals surface area contributed by atoms with Gasteiger partial charge in [0.2, 0.25) is 0 Å². The summed E-state index contributed by atoms with van der Waals surface area (Å²) in [5.41, 5.74) is 6.63. The summed E-state index contributed by atoms with van der Waals surface area (Å²) in [5, 5.41) is 4.16. The van der Waals surface area contributed by atoms with E-state index in [1.807, 2.05) is 0 Å². The lowest BCUT2D eigenvalue weighted by atomic mass is 10.2. The molecule has 1 aromatic heterocycles. The van der Waals surface area contributed by atoms with Gasteiger partial charge in [0.15, 0.2) is 11.3 Å². The molecule has 0 spiro atoms. The van der Waals surface area contributed by atoms with Crippen LogP contribution in [0.5, 0.6) is 0 Å². The number of carbonyl (C=O) groups is 1. The number of hydrogen-bond donors (Lipinski definition) is 1. The van der Waals surface area contributed by atoms with Crippen LogP contribution in [-0.4, -0.2) is 18.2 Å². The molecule has 14 heavy (non-hydrogen) atoms. The molecule has 0 saturated heterocycles. The Labute approximate surface area is 79.4 Å². The van der Waals surface area contributed by atoms with Crippen LogP contribution in [-0.2, 0) is 4.74 Å². The molecule has 0 aliphatic carbocycles. The van der Waals surface area contributed by atoms with Gasteiger partial charge in [-0.1, -0.05) is 11.2 Å². The van der Waals surface area contributed by atoms with Crippen molar-refractivity contribution >= 4 is 22.6 Å². The Bertz CT molecular complexity index is 490. The number of rotatable bonds is 1. The summed E-state index contributed by atoms with van der Waals surface area (Å²) in [5.74, 6) is -0.533. The largest absolute Gasteiger partial charge is 0.464 e. The van der Waals surface area contributed by atoms with E-state index in [9.17, 15) is 4.79 Å². The molecule has 0 saturated carbocycles. The number of nitrogens with two attached hydrogens (primary N) is 1. The molecular formula is C9H8N2O3. The van der Waals surface area contributed by atoms with E-state index in [0.717, 1.165) is 0 Å². The summed E-state index contributed by atoms with van der Waals surface area (Å²) < 4.78 is 9.47. The van der Waals surface area contributed by atoms with Crippen LogP contribution >= 0.6 is 0 Å². The number of nitrogens with zero attached hydrogens (tertiary/aromatic N) is 1. The van der Waals surface area contributed by atoms with Crippen LogP contribution in [0.1, 0.15) is 10.5 Å². The van der Waals surface area contributed by atoms with Crippen molar-refractivity contribution in [1.29, 1.82) is 0 Å². The lowest BCUT2D eigenvalue weighted by molar-refractivity contribution is 0.0591. The molecular weight excluding hydrogens is 184 g/mol. The van der Waals surface area contributed by atoms with Crippen molar-refractivity contribution in [3.63, 3.8) is 0 Å². The van der Waals surface area contributed by atoms with Crippen molar-refractivity contribution in [2.45, 2.75) is 0 Å². The zero-order valence-electron chi connectivity index (χ0n) is 7.48. The first kappa shape index (κ1) is 8.55.